The molecular weight excluding hydrogens is 262 g/mol. The van der Waals surface area contributed by atoms with Crippen LogP contribution < -0.4 is 5.32 Å². The molecule has 0 amide bonds. The molecule has 0 spiro atoms. The van der Waals surface area contributed by atoms with Gasteiger partial charge in [-0.1, -0.05) is 68.7 Å². The fourth-order valence-electron chi connectivity index (χ4n) is 2.16. The van der Waals surface area contributed by atoms with Crippen molar-refractivity contribution < 1.29 is 5.11 Å². The molecule has 2 N–H and O–H groups in total. The average molecular weight is 292 g/mol. The topological polar surface area (TPSA) is 32.3 Å². The predicted octanol–water partition coefficient (Wildman–Crippen LogP) is 3.91. The Labute approximate surface area is 124 Å². The van der Waals surface area contributed by atoms with Gasteiger partial charge in [0.1, 0.15) is 0 Å². The van der Waals surface area contributed by atoms with E-state index in [1.807, 2.05) is 18.2 Å². The fourth-order valence-corrected chi connectivity index (χ4v) is 3.01. The maximum absolute atomic E-state index is 9.60. The molecule has 2 nitrogen and oxygen atoms in total. The van der Waals surface area contributed by atoms with Crippen LogP contribution in [0.1, 0.15) is 31.4 Å². The summed E-state index contributed by atoms with van der Waals surface area (Å²) in [5.41, 5.74) is 3.55. The Bertz CT molecular complexity index is 397. The molecule has 2 atom stereocenters. The summed E-state index contributed by atoms with van der Waals surface area (Å²) < 4.78 is 0. The minimum atomic E-state index is -1.11. The molecule has 0 aliphatic heterocycles. The predicted molar refractivity (Wildman–Crippen MR) is 90.6 cm³/mol. The molecule has 0 bridgehead atoms. The van der Waals surface area contributed by atoms with Gasteiger partial charge in [0.2, 0.25) is 0 Å². The van der Waals surface area contributed by atoms with Gasteiger partial charge in [0.15, 0.2) is 0 Å². The second kappa shape index (κ2) is 8.40. The minimum Gasteiger partial charge on any atom is -0.394 e. The number of nitrogens with one attached hydrogen (secondary N) is 1. The summed E-state index contributed by atoms with van der Waals surface area (Å²) in [7, 11) is -1.11. The van der Waals surface area contributed by atoms with Crippen molar-refractivity contribution in [3.8, 4) is 0 Å². The first-order chi connectivity index (χ1) is 9.46. The van der Waals surface area contributed by atoms with Gasteiger partial charge in [-0.25, -0.2) is 0 Å². The van der Waals surface area contributed by atoms with Crippen LogP contribution in [0.3, 0.4) is 0 Å². The third-order valence-corrected chi connectivity index (χ3v) is 4.59. The zero-order valence-electron chi connectivity index (χ0n) is 13.3. The highest BCUT2D eigenvalue weighted by Gasteiger charge is 2.14. The standard InChI is InChI=1S/C17H29NOSi/c1-5-16(12-9-13-20(2,3)4)18-17(14-19)15-10-7-6-8-11-15/h6-11,13,16-19H,5,12,14H2,1-4H3/b13-9+/t16-,17-/m0/s1. The van der Waals surface area contributed by atoms with E-state index in [1.54, 1.807) is 0 Å². The lowest BCUT2D eigenvalue weighted by molar-refractivity contribution is 0.231. The van der Waals surface area contributed by atoms with Crippen molar-refractivity contribution in [2.45, 2.75) is 51.5 Å². The van der Waals surface area contributed by atoms with Crippen molar-refractivity contribution in [2.75, 3.05) is 6.61 Å². The Morgan fingerprint density at radius 2 is 1.85 bits per heavy atom. The van der Waals surface area contributed by atoms with Gasteiger partial charge in [-0.3, -0.25) is 0 Å². The molecule has 0 radical (unpaired) electrons. The molecule has 0 fully saturated rings. The van der Waals surface area contributed by atoms with E-state index in [1.165, 1.54) is 0 Å². The SMILES string of the molecule is CC[C@@H](C/C=C/[Si](C)(C)C)N[C@@H](CO)c1ccccc1. The Morgan fingerprint density at radius 3 is 2.35 bits per heavy atom. The van der Waals surface area contributed by atoms with Crippen LogP contribution >= 0.6 is 0 Å². The van der Waals surface area contributed by atoms with E-state index in [-0.39, 0.29) is 12.6 Å². The molecule has 3 heteroatoms. The zero-order valence-corrected chi connectivity index (χ0v) is 14.3. The van der Waals surface area contributed by atoms with E-state index in [4.69, 9.17) is 0 Å². The highest BCUT2D eigenvalue weighted by molar-refractivity contribution is 6.80. The number of rotatable bonds is 8. The van der Waals surface area contributed by atoms with Crippen molar-refractivity contribution in [3.05, 3.63) is 47.7 Å². The molecule has 0 heterocycles. The fraction of sp³-hybridized carbons (Fsp3) is 0.529. The Hall–Kier alpha value is -0.903. The molecular formula is C17H29NOSi. The van der Waals surface area contributed by atoms with Gasteiger partial charge in [-0.15, -0.1) is 0 Å². The lowest BCUT2D eigenvalue weighted by Crippen LogP contribution is -2.34. The second-order valence-electron chi connectivity index (χ2n) is 6.42. The normalized spacial score (nSPS) is 15.4. The van der Waals surface area contributed by atoms with Gasteiger partial charge in [0.05, 0.1) is 20.7 Å². The summed E-state index contributed by atoms with van der Waals surface area (Å²) in [5.74, 6) is 0. The van der Waals surface area contributed by atoms with Crippen LogP contribution in [0.15, 0.2) is 42.1 Å². The molecule has 1 aromatic rings. The number of benzene rings is 1. The molecule has 1 aromatic carbocycles. The van der Waals surface area contributed by atoms with Gasteiger partial charge in [-0.2, -0.15) is 0 Å². The van der Waals surface area contributed by atoms with Crippen molar-refractivity contribution >= 4 is 8.07 Å². The van der Waals surface area contributed by atoms with Crippen LogP contribution in [-0.4, -0.2) is 25.8 Å². The molecule has 112 valence electrons. The smallest absolute Gasteiger partial charge is 0.0682 e. The Morgan fingerprint density at radius 1 is 1.20 bits per heavy atom. The third-order valence-electron chi connectivity index (χ3n) is 3.35. The van der Waals surface area contributed by atoms with E-state index < -0.39 is 8.07 Å². The van der Waals surface area contributed by atoms with E-state index >= 15 is 0 Å². The third kappa shape index (κ3) is 6.50. The first-order valence-electron chi connectivity index (χ1n) is 7.56. The van der Waals surface area contributed by atoms with E-state index in [9.17, 15) is 5.11 Å². The number of aliphatic hydroxyl groups excluding tert-OH is 1. The summed E-state index contributed by atoms with van der Waals surface area (Å²) in [6.45, 7) is 9.37. The molecule has 0 unspecified atom stereocenters. The summed E-state index contributed by atoms with van der Waals surface area (Å²) in [6.07, 6.45) is 4.41. The summed E-state index contributed by atoms with van der Waals surface area (Å²) >= 11 is 0. The highest BCUT2D eigenvalue weighted by atomic mass is 28.3. The summed E-state index contributed by atoms with van der Waals surface area (Å²) in [5, 5.41) is 13.2. The molecule has 0 aromatic heterocycles. The van der Waals surface area contributed by atoms with Crippen LogP contribution in [0.4, 0.5) is 0 Å². The maximum Gasteiger partial charge on any atom is 0.0682 e. The van der Waals surface area contributed by atoms with Gasteiger partial charge in [0, 0.05) is 6.04 Å². The van der Waals surface area contributed by atoms with Gasteiger partial charge < -0.3 is 10.4 Å². The van der Waals surface area contributed by atoms with Crippen molar-refractivity contribution in [1.29, 1.82) is 0 Å². The second-order valence-corrected chi connectivity index (χ2v) is 11.5. The molecule has 0 saturated carbocycles. The van der Waals surface area contributed by atoms with Gasteiger partial charge in [-0.05, 0) is 18.4 Å². The van der Waals surface area contributed by atoms with Crippen LogP contribution in [0.5, 0.6) is 0 Å². The van der Waals surface area contributed by atoms with Crippen LogP contribution in [-0.2, 0) is 0 Å². The number of hydrogen-bond donors (Lipinski definition) is 2. The lowest BCUT2D eigenvalue weighted by Gasteiger charge is -2.23. The number of hydrogen-bond acceptors (Lipinski definition) is 2. The maximum atomic E-state index is 9.60. The highest BCUT2D eigenvalue weighted by Crippen LogP contribution is 2.15. The molecule has 20 heavy (non-hydrogen) atoms. The van der Waals surface area contributed by atoms with Crippen molar-refractivity contribution in [2.24, 2.45) is 0 Å². The van der Waals surface area contributed by atoms with Crippen molar-refractivity contribution in [1.82, 2.24) is 5.32 Å². The Balaban J connectivity index is 2.60. The largest absolute Gasteiger partial charge is 0.394 e. The van der Waals surface area contributed by atoms with Crippen LogP contribution in [0.2, 0.25) is 19.6 Å². The van der Waals surface area contributed by atoms with E-state index in [0.717, 1.165) is 18.4 Å². The summed E-state index contributed by atoms with van der Waals surface area (Å²) in [6, 6.07) is 10.6. The zero-order chi connectivity index (χ0) is 15.0. The van der Waals surface area contributed by atoms with Crippen molar-refractivity contribution in [3.63, 3.8) is 0 Å². The Kier molecular flexibility index (Phi) is 7.20. The number of aliphatic hydroxyl groups is 1. The van der Waals surface area contributed by atoms with Crippen LogP contribution in [0, 0.1) is 0 Å². The molecule has 0 saturated heterocycles. The minimum absolute atomic E-state index is 0.0291. The van der Waals surface area contributed by atoms with Gasteiger partial charge >= 0.3 is 0 Å². The quantitative estimate of drug-likeness (QED) is 0.712. The van der Waals surface area contributed by atoms with E-state index in [0.29, 0.717) is 6.04 Å². The van der Waals surface area contributed by atoms with Crippen LogP contribution in [0.25, 0.3) is 0 Å². The average Bonchev–Trinajstić information content (AvgIpc) is 2.42. The summed E-state index contributed by atoms with van der Waals surface area (Å²) in [4.78, 5) is 0. The molecule has 0 aliphatic rings. The van der Waals surface area contributed by atoms with Gasteiger partial charge in [0.25, 0.3) is 0 Å². The van der Waals surface area contributed by atoms with E-state index in [2.05, 4.69) is 55.8 Å². The molecule has 1 rings (SSSR count). The molecule has 0 aliphatic carbocycles. The first kappa shape index (κ1) is 17.1. The monoisotopic (exact) mass is 291 g/mol. The first-order valence-corrected chi connectivity index (χ1v) is 11.1. The lowest BCUT2D eigenvalue weighted by atomic mass is 10.0.